The Morgan fingerprint density at radius 1 is 1.44 bits per heavy atom. The van der Waals surface area contributed by atoms with E-state index in [1.807, 2.05) is 13.8 Å². The van der Waals surface area contributed by atoms with E-state index >= 15 is 0 Å². The Labute approximate surface area is 99.8 Å². The lowest BCUT2D eigenvalue weighted by molar-refractivity contribution is -0.146. The van der Waals surface area contributed by atoms with Crippen molar-refractivity contribution in [3.63, 3.8) is 0 Å². The molecule has 7 heteroatoms. The summed E-state index contributed by atoms with van der Waals surface area (Å²) in [7, 11) is 0. The molecule has 0 aromatic carbocycles. The molecule has 16 heavy (non-hydrogen) atoms. The highest BCUT2D eigenvalue weighted by molar-refractivity contribution is 7.81. The van der Waals surface area contributed by atoms with Crippen molar-refractivity contribution in [1.82, 2.24) is 9.80 Å². The Morgan fingerprint density at radius 2 is 2.00 bits per heavy atom. The number of rotatable bonds is 2. The number of carboxylic acids is 1. The summed E-state index contributed by atoms with van der Waals surface area (Å²) in [5, 5.41) is 9.12. The van der Waals surface area contributed by atoms with Crippen molar-refractivity contribution in [2.75, 3.05) is 19.6 Å². The molecule has 0 saturated carbocycles. The number of nitrogens with zero attached hydrogens (tertiary/aromatic N) is 2. The maximum Gasteiger partial charge on any atom is 0.322 e. The van der Waals surface area contributed by atoms with E-state index in [1.165, 1.54) is 4.90 Å². The number of nitrogens with two attached hydrogens (primary N) is 1. The van der Waals surface area contributed by atoms with Gasteiger partial charge in [0.15, 0.2) is 0 Å². The van der Waals surface area contributed by atoms with Crippen LogP contribution in [0.1, 0.15) is 13.8 Å². The number of aliphatic carboxylic acids is 1. The number of piperazine rings is 1. The molecule has 1 aliphatic rings. The molecule has 6 nitrogen and oxygen atoms in total. The van der Waals surface area contributed by atoms with Crippen molar-refractivity contribution in [2.24, 2.45) is 5.73 Å². The summed E-state index contributed by atoms with van der Waals surface area (Å²) in [5.74, 6) is -0.965. The zero-order chi connectivity index (χ0) is 12.5. The van der Waals surface area contributed by atoms with Crippen LogP contribution in [0.4, 0.5) is 4.79 Å². The Morgan fingerprint density at radius 3 is 2.38 bits per heavy atom. The number of carbonyl (C=O) groups is 2. The van der Waals surface area contributed by atoms with Crippen molar-refractivity contribution in [3.05, 3.63) is 0 Å². The first-order valence-electron chi connectivity index (χ1n) is 5.00. The summed E-state index contributed by atoms with van der Waals surface area (Å²) in [4.78, 5) is 24.7. The number of urea groups is 1. The summed E-state index contributed by atoms with van der Waals surface area (Å²) < 4.78 is 0. The first-order valence-corrected chi connectivity index (χ1v) is 5.44. The van der Waals surface area contributed by atoms with Crippen molar-refractivity contribution in [2.45, 2.75) is 24.8 Å². The molecule has 3 N–H and O–H groups in total. The van der Waals surface area contributed by atoms with Gasteiger partial charge in [0.1, 0.15) is 6.04 Å². The minimum atomic E-state index is -0.965. The molecule has 0 unspecified atom stereocenters. The van der Waals surface area contributed by atoms with E-state index in [2.05, 4.69) is 12.6 Å². The molecule has 1 heterocycles. The van der Waals surface area contributed by atoms with E-state index in [0.717, 1.165) is 0 Å². The minimum Gasteiger partial charge on any atom is -0.480 e. The molecule has 0 spiro atoms. The van der Waals surface area contributed by atoms with Crippen LogP contribution in [0.25, 0.3) is 0 Å². The lowest BCUT2D eigenvalue weighted by atomic mass is 10.1. The van der Waals surface area contributed by atoms with Gasteiger partial charge in [-0.05, 0) is 13.8 Å². The highest BCUT2D eigenvalue weighted by Gasteiger charge is 2.39. The van der Waals surface area contributed by atoms with Gasteiger partial charge in [-0.1, -0.05) is 0 Å². The fourth-order valence-corrected chi connectivity index (χ4v) is 2.09. The monoisotopic (exact) mass is 247 g/mol. The second kappa shape index (κ2) is 4.50. The van der Waals surface area contributed by atoms with Gasteiger partial charge in [-0.25, -0.2) is 4.79 Å². The predicted octanol–water partition coefficient (Wildman–Crippen LogP) is -0.198. The van der Waals surface area contributed by atoms with Crippen molar-refractivity contribution in [1.29, 1.82) is 0 Å². The summed E-state index contributed by atoms with van der Waals surface area (Å²) >= 11 is 4.36. The second-order valence-electron chi connectivity index (χ2n) is 4.33. The smallest absolute Gasteiger partial charge is 0.322 e. The van der Waals surface area contributed by atoms with E-state index in [1.54, 1.807) is 4.90 Å². The highest BCUT2D eigenvalue weighted by Crippen LogP contribution is 2.24. The van der Waals surface area contributed by atoms with E-state index in [4.69, 9.17) is 10.8 Å². The molecule has 0 aromatic heterocycles. The van der Waals surface area contributed by atoms with Crippen LogP contribution in [0.2, 0.25) is 0 Å². The minimum absolute atomic E-state index is 0.106. The fourth-order valence-electron chi connectivity index (χ4n) is 1.85. The van der Waals surface area contributed by atoms with Gasteiger partial charge >= 0.3 is 12.0 Å². The van der Waals surface area contributed by atoms with Gasteiger partial charge in [0, 0.05) is 19.6 Å². The van der Waals surface area contributed by atoms with Crippen molar-refractivity contribution in [3.8, 4) is 0 Å². The molecule has 1 atom stereocenters. The molecule has 1 rings (SSSR count). The molecule has 2 amide bonds. The quantitative estimate of drug-likeness (QED) is 0.590. The number of amides is 2. The Balaban J connectivity index is 2.84. The zero-order valence-corrected chi connectivity index (χ0v) is 10.3. The van der Waals surface area contributed by atoms with Crippen LogP contribution in [0.5, 0.6) is 0 Å². The Kier molecular flexibility index (Phi) is 3.69. The molecule has 1 fully saturated rings. The SMILES string of the molecule is CC(C)(S)N1CCN(C(N)=O)C[C@H]1C(=O)O. The molecular formula is C9H17N3O3S. The van der Waals surface area contributed by atoms with Gasteiger partial charge in [0.2, 0.25) is 0 Å². The number of hydrogen-bond donors (Lipinski definition) is 3. The van der Waals surface area contributed by atoms with Crippen molar-refractivity contribution < 1.29 is 14.7 Å². The third-order valence-electron chi connectivity index (χ3n) is 2.68. The Bertz CT molecular complexity index is 303. The lowest BCUT2D eigenvalue weighted by Gasteiger charge is -2.44. The van der Waals surface area contributed by atoms with Crippen LogP contribution >= 0.6 is 12.6 Å². The van der Waals surface area contributed by atoms with Gasteiger partial charge < -0.3 is 15.7 Å². The fraction of sp³-hybridized carbons (Fsp3) is 0.778. The summed E-state index contributed by atoms with van der Waals surface area (Å²) in [6.45, 7) is 4.64. The van der Waals surface area contributed by atoms with Gasteiger partial charge in [0.25, 0.3) is 0 Å². The van der Waals surface area contributed by atoms with Crippen molar-refractivity contribution >= 4 is 24.6 Å². The maximum atomic E-state index is 11.1. The zero-order valence-electron chi connectivity index (χ0n) is 9.38. The molecular weight excluding hydrogens is 230 g/mol. The molecule has 0 aromatic rings. The maximum absolute atomic E-state index is 11.1. The number of carboxylic acid groups (broad SMARTS) is 1. The van der Waals surface area contributed by atoms with Crippen LogP contribution in [0.15, 0.2) is 0 Å². The van der Waals surface area contributed by atoms with Crippen LogP contribution in [-0.4, -0.2) is 57.5 Å². The Hall–Kier alpha value is -0.950. The topological polar surface area (TPSA) is 86.9 Å². The van der Waals surface area contributed by atoms with Gasteiger partial charge in [-0.2, -0.15) is 12.6 Å². The van der Waals surface area contributed by atoms with E-state index in [0.29, 0.717) is 13.1 Å². The molecule has 1 saturated heterocycles. The van der Waals surface area contributed by atoms with Crippen LogP contribution < -0.4 is 5.73 Å². The highest BCUT2D eigenvalue weighted by atomic mass is 32.1. The van der Waals surface area contributed by atoms with E-state index in [-0.39, 0.29) is 6.54 Å². The largest absolute Gasteiger partial charge is 0.480 e. The number of primary amides is 1. The molecule has 0 radical (unpaired) electrons. The van der Waals surface area contributed by atoms with E-state index in [9.17, 15) is 9.59 Å². The van der Waals surface area contributed by atoms with Crippen LogP contribution in [0, 0.1) is 0 Å². The molecule has 0 bridgehead atoms. The average Bonchev–Trinajstić information content (AvgIpc) is 2.15. The van der Waals surface area contributed by atoms with Crippen LogP contribution in [0.3, 0.4) is 0 Å². The third kappa shape index (κ3) is 2.79. The predicted molar refractivity (Wildman–Crippen MR) is 62.4 cm³/mol. The van der Waals surface area contributed by atoms with Gasteiger partial charge in [0.05, 0.1) is 4.87 Å². The summed E-state index contributed by atoms with van der Waals surface area (Å²) in [5.41, 5.74) is 5.14. The van der Waals surface area contributed by atoms with Gasteiger partial charge in [-0.3, -0.25) is 9.69 Å². The standard InChI is InChI=1S/C9H17N3O3S/c1-9(2,16)12-4-3-11(8(10)15)5-6(12)7(13)14/h6,16H,3-5H2,1-2H3,(H2,10,15)(H,13,14)/t6-/m0/s1. The molecule has 0 aliphatic carbocycles. The van der Waals surface area contributed by atoms with Crippen LogP contribution in [-0.2, 0) is 4.79 Å². The third-order valence-corrected chi connectivity index (χ3v) is 2.94. The first-order chi connectivity index (χ1) is 7.23. The number of carbonyl (C=O) groups excluding carboxylic acids is 1. The number of thiol groups is 1. The lowest BCUT2D eigenvalue weighted by Crippen LogP contribution is -2.62. The molecule has 92 valence electrons. The van der Waals surface area contributed by atoms with Gasteiger partial charge in [-0.15, -0.1) is 0 Å². The summed E-state index contributed by atoms with van der Waals surface area (Å²) in [6, 6.07) is -1.34. The molecule has 1 aliphatic heterocycles. The number of hydrogen-bond acceptors (Lipinski definition) is 4. The van der Waals surface area contributed by atoms with E-state index < -0.39 is 22.9 Å². The second-order valence-corrected chi connectivity index (χ2v) is 5.42. The first kappa shape index (κ1) is 13.1. The average molecular weight is 247 g/mol. The normalized spacial score (nSPS) is 23.2. The summed E-state index contributed by atoms with van der Waals surface area (Å²) in [6.07, 6.45) is 0.